The van der Waals surface area contributed by atoms with Crippen molar-refractivity contribution in [2.45, 2.75) is 91.6 Å². The molecule has 7 atom stereocenters. The Balaban J connectivity index is 1.30. The van der Waals surface area contributed by atoms with Crippen LogP contribution in [-0.2, 0) is 28.5 Å². The van der Waals surface area contributed by atoms with Gasteiger partial charge in [0.25, 0.3) is 0 Å². The van der Waals surface area contributed by atoms with E-state index in [1.165, 1.54) is 6.42 Å². The van der Waals surface area contributed by atoms with Crippen LogP contribution < -0.4 is 10.6 Å². The third kappa shape index (κ3) is 10.6. The summed E-state index contributed by atoms with van der Waals surface area (Å²) in [6.45, 7) is 16.6. The molecule has 6 unspecified atom stereocenters. The van der Waals surface area contributed by atoms with Gasteiger partial charge in [-0.05, 0) is 108 Å². The molecule has 10 nitrogen and oxygen atoms in total. The average molecular weight is 605 g/mol. The van der Waals surface area contributed by atoms with Gasteiger partial charge in [-0.1, -0.05) is 20.1 Å². The van der Waals surface area contributed by atoms with Crippen molar-refractivity contribution in [3.8, 4) is 0 Å². The Bertz CT molecular complexity index is 1010. The highest BCUT2D eigenvalue weighted by Crippen LogP contribution is 2.62. The second kappa shape index (κ2) is 16.1. The third-order valence-corrected chi connectivity index (χ3v) is 9.38. The van der Waals surface area contributed by atoms with E-state index in [2.05, 4.69) is 30.7 Å². The van der Waals surface area contributed by atoms with Gasteiger partial charge in [-0.3, -0.25) is 0 Å². The van der Waals surface area contributed by atoms with Gasteiger partial charge in [0.1, 0.15) is 6.10 Å². The van der Waals surface area contributed by atoms with Crippen LogP contribution in [0.3, 0.4) is 0 Å². The van der Waals surface area contributed by atoms with E-state index < -0.39 is 24.1 Å². The number of hydrogen-bond donors (Lipinski definition) is 2. The summed E-state index contributed by atoms with van der Waals surface area (Å²) in [6, 6.07) is 0. The van der Waals surface area contributed by atoms with Crippen molar-refractivity contribution < 1.29 is 38.1 Å². The summed E-state index contributed by atoms with van der Waals surface area (Å²) in [4.78, 5) is 47.4. The van der Waals surface area contributed by atoms with E-state index in [0.29, 0.717) is 99.3 Å². The summed E-state index contributed by atoms with van der Waals surface area (Å²) in [5, 5.41) is 5.62. The molecule has 0 aromatic heterocycles. The molecule has 0 spiro atoms. The summed E-state index contributed by atoms with van der Waals surface area (Å²) in [6.07, 6.45) is 7.30. The Morgan fingerprint density at radius 1 is 0.767 bits per heavy atom. The first-order valence-electron chi connectivity index (χ1n) is 15.9. The van der Waals surface area contributed by atoms with Crippen molar-refractivity contribution in [1.82, 2.24) is 10.6 Å². The normalized spacial score (nSPS) is 27.8. The number of hydrogen-bond acceptors (Lipinski definition) is 8. The zero-order valence-electron chi connectivity index (χ0n) is 26.5. The summed E-state index contributed by atoms with van der Waals surface area (Å²) < 4.78 is 21.5. The van der Waals surface area contributed by atoms with Crippen molar-refractivity contribution in [3.63, 3.8) is 0 Å². The number of unbranched alkanes of at least 4 members (excludes halogenated alkanes) is 2. The Kier molecular flexibility index (Phi) is 12.9. The van der Waals surface area contributed by atoms with E-state index in [1.54, 1.807) is 13.8 Å². The molecule has 3 saturated carbocycles. The van der Waals surface area contributed by atoms with Gasteiger partial charge in [0.2, 0.25) is 0 Å². The third-order valence-electron chi connectivity index (χ3n) is 9.38. The maximum atomic E-state index is 12.4. The zero-order valence-corrected chi connectivity index (χ0v) is 26.5. The molecule has 242 valence electrons. The fourth-order valence-corrected chi connectivity index (χ4v) is 7.30. The van der Waals surface area contributed by atoms with Crippen molar-refractivity contribution >= 4 is 24.1 Å². The van der Waals surface area contributed by atoms with Crippen LogP contribution in [0, 0.1) is 35.0 Å². The number of carbonyl (C=O) groups excluding carboxylic acids is 4. The number of carbonyl (C=O) groups is 4. The monoisotopic (exact) mass is 604 g/mol. The second-order valence-corrected chi connectivity index (χ2v) is 13.3. The van der Waals surface area contributed by atoms with Gasteiger partial charge in [0, 0.05) is 29.7 Å². The highest BCUT2D eigenvalue weighted by atomic mass is 16.6. The van der Waals surface area contributed by atoms with Crippen LogP contribution in [0.15, 0.2) is 24.3 Å². The zero-order chi connectivity index (χ0) is 31.6. The highest BCUT2D eigenvalue weighted by Gasteiger charge is 2.55. The van der Waals surface area contributed by atoms with Crippen molar-refractivity contribution in [2.24, 2.45) is 35.0 Å². The quantitative estimate of drug-likeness (QED) is 0.0993. The number of amides is 2. The molecule has 2 bridgehead atoms. The second-order valence-electron chi connectivity index (χ2n) is 13.3. The molecule has 43 heavy (non-hydrogen) atoms. The van der Waals surface area contributed by atoms with Crippen molar-refractivity contribution in [2.75, 3.05) is 32.9 Å². The number of rotatable bonds is 16. The lowest BCUT2D eigenvalue weighted by molar-refractivity contribution is -0.139. The SMILES string of the molecule is C=C(C)C(=O)OCCCCNC(=O)OCC1(C)CC2C[C@@H](C1)C1CC(C(C)OC(=O)NCCCCOC(=O)C(=C)C)CC21. The Morgan fingerprint density at radius 2 is 1.26 bits per heavy atom. The molecule has 3 rings (SSSR count). The fraction of sp³-hybridized carbons (Fsp3) is 0.758. The van der Waals surface area contributed by atoms with Gasteiger partial charge in [0.15, 0.2) is 0 Å². The molecule has 0 heterocycles. The van der Waals surface area contributed by atoms with Crippen molar-refractivity contribution in [1.29, 1.82) is 0 Å². The van der Waals surface area contributed by atoms with Crippen molar-refractivity contribution in [3.05, 3.63) is 24.3 Å². The minimum Gasteiger partial charge on any atom is -0.462 e. The molecule has 0 aliphatic heterocycles. The molecule has 0 aromatic carbocycles. The van der Waals surface area contributed by atoms with Gasteiger partial charge in [0.05, 0.1) is 19.8 Å². The number of alkyl carbamates (subject to hydrolysis) is 2. The van der Waals surface area contributed by atoms with Crippen LogP contribution >= 0.6 is 0 Å². The lowest BCUT2D eigenvalue weighted by Crippen LogP contribution is -2.36. The molecule has 3 fully saturated rings. The summed E-state index contributed by atoms with van der Waals surface area (Å²) in [7, 11) is 0. The van der Waals surface area contributed by atoms with E-state index in [4.69, 9.17) is 18.9 Å². The average Bonchev–Trinajstić information content (AvgIpc) is 3.50. The van der Waals surface area contributed by atoms with E-state index in [-0.39, 0.29) is 11.5 Å². The fourth-order valence-electron chi connectivity index (χ4n) is 7.30. The standard InChI is InChI=1S/C33H52N2O8/c1-21(2)29(36)40-13-9-7-11-34-31(38)42-20-33(6)18-25-15-26(19-33)28-17-24(16-27(25)28)23(5)43-32(39)35-12-8-10-14-41-30(37)22(3)4/h23-28H,1,3,7-20H2,2,4-6H3,(H,34,38)(H,35,39)/t23?,24?,25-,26?,27?,28?,33?/m0/s1. The summed E-state index contributed by atoms with van der Waals surface area (Å²) >= 11 is 0. The van der Waals surface area contributed by atoms with Crippen LogP contribution in [-0.4, -0.2) is 63.1 Å². The number of esters is 2. The smallest absolute Gasteiger partial charge is 0.407 e. The first-order valence-corrected chi connectivity index (χ1v) is 15.9. The largest absolute Gasteiger partial charge is 0.462 e. The lowest BCUT2D eigenvalue weighted by atomic mass is 9.68. The van der Waals surface area contributed by atoms with Crippen LogP contribution in [0.5, 0.6) is 0 Å². The topological polar surface area (TPSA) is 129 Å². The Hall–Kier alpha value is -3.04. The van der Waals surface area contributed by atoms with E-state index in [9.17, 15) is 19.2 Å². The lowest BCUT2D eigenvalue weighted by Gasteiger charge is -2.39. The molecule has 0 saturated heterocycles. The van der Waals surface area contributed by atoms with Crippen LogP contribution in [0.25, 0.3) is 0 Å². The Labute approximate surface area is 256 Å². The van der Waals surface area contributed by atoms with Crippen LogP contribution in [0.1, 0.15) is 85.5 Å². The first-order chi connectivity index (χ1) is 20.4. The summed E-state index contributed by atoms with van der Waals surface area (Å²) in [5.41, 5.74) is 0.736. The van der Waals surface area contributed by atoms with E-state index in [1.807, 2.05) is 6.92 Å². The maximum Gasteiger partial charge on any atom is 0.407 e. The molecule has 2 amide bonds. The predicted octanol–water partition coefficient (Wildman–Crippen LogP) is 5.70. The Morgan fingerprint density at radius 3 is 1.74 bits per heavy atom. The van der Waals surface area contributed by atoms with E-state index >= 15 is 0 Å². The molecule has 0 radical (unpaired) electrons. The predicted molar refractivity (Wildman–Crippen MR) is 162 cm³/mol. The van der Waals surface area contributed by atoms with Crippen LogP contribution in [0.2, 0.25) is 0 Å². The van der Waals surface area contributed by atoms with Gasteiger partial charge in [-0.2, -0.15) is 0 Å². The van der Waals surface area contributed by atoms with Gasteiger partial charge in [-0.15, -0.1) is 0 Å². The molecular weight excluding hydrogens is 552 g/mol. The molecule has 10 heteroatoms. The minimum absolute atomic E-state index is 0.0215. The molecule has 3 aliphatic rings. The molecular formula is C33H52N2O8. The first kappa shape index (κ1) is 34.5. The molecule has 3 aliphatic carbocycles. The molecule has 2 N–H and O–H groups in total. The number of ether oxygens (including phenoxy) is 4. The summed E-state index contributed by atoms with van der Waals surface area (Å²) in [5.74, 6) is 2.10. The molecule has 0 aromatic rings. The van der Waals surface area contributed by atoms with E-state index in [0.717, 1.165) is 25.7 Å². The van der Waals surface area contributed by atoms with Gasteiger partial charge < -0.3 is 29.6 Å². The highest BCUT2D eigenvalue weighted by molar-refractivity contribution is 5.87. The minimum atomic E-state index is -0.395. The van der Waals surface area contributed by atoms with Gasteiger partial charge in [-0.25, -0.2) is 19.2 Å². The maximum absolute atomic E-state index is 12.4. The number of nitrogens with one attached hydrogen (secondary N) is 2. The van der Waals surface area contributed by atoms with Crippen LogP contribution in [0.4, 0.5) is 9.59 Å². The van der Waals surface area contributed by atoms with Gasteiger partial charge >= 0.3 is 24.1 Å². The number of fused-ring (bicyclic) bond motifs is 5.